The van der Waals surface area contributed by atoms with E-state index in [0.29, 0.717) is 29.5 Å². The maximum Gasteiger partial charge on any atom is 0.312 e. The molecule has 0 heterocycles. The number of hydrogen-bond donors (Lipinski definition) is 0. The number of ketones is 1. The minimum Gasteiger partial charge on any atom is -0.469 e. The third-order valence-corrected chi connectivity index (χ3v) is 4.93. The van der Waals surface area contributed by atoms with E-state index in [1.54, 1.807) is 26.0 Å². The van der Waals surface area contributed by atoms with Crippen LogP contribution in [0.4, 0.5) is 0 Å². The fourth-order valence-electron chi connectivity index (χ4n) is 3.35. The number of carbonyl (C=O) groups excluding carboxylic acids is 3. The Morgan fingerprint density at radius 3 is 2.52 bits per heavy atom. The summed E-state index contributed by atoms with van der Waals surface area (Å²) in [5.74, 6) is -1.28. The van der Waals surface area contributed by atoms with Crippen molar-refractivity contribution in [1.29, 1.82) is 0 Å². The first-order valence-electron chi connectivity index (χ1n) is 9.04. The maximum atomic E-state index is 13.2. The molecule has 0 saturated carbocycles. The van der Waals surface area contributed by atoms with Crippen LogP contribution in [0.25, 0.3) is 0 Å². The van der Waals surface area contributed by atoms with Crippen molar-refractivity contribution in [2.45, 2.75) is 39.0 Å². The fourth-order valence-corrected chi connectivity index (χ4v) is 3.35. The summed E-state index contributed by atoms with van der Waals surface area (Å²) in [5.41, 5.74) is 3.44. The van der Waals surface area contributed by atoms with Gasteiger partial charge in [-0.2, -0.15) is 0 Å². The van der Waals surface area contributed by atoms with Crippen molar-refractivity contribution >= 4 is 17.7 Å². The molecule has 3 rings (SSSR count). The highest BCUT2D eigenvalue weighted by atomic mass is 16.5. The molecule has 1 aliphatic rings. The van der Waals surface area contributed by atoms with Gasteiger partial charge in [-0.25, -0.2) is 0 Å². The largest absolute Gasteiger partial charge is 0.469 e. The molecule has 0 amide bonds. The summed E-state index contributed by atoms with van der Waals surface area (Å²) < 4.78 is 10.3. The van der Waals surface area contributed by atoms with Gasteiger partial charge in [0.15, 0.2) is 5.78 Å². The Morgan fingerprint density at radius 2 is 1.81 bits per heavy atom. The predicted molar refractivity (Wildman–Crippen MR) is 100 cm³/mol. The van der Waals surface area contributed by atoms with Gasteiger partial charge in [-0.15, -0.1) is 0 Å². The number of hydrogen-bond acceptors (Lipinski definition) is 5. The van der Waals surface area contributed by atoms with Gasteiger partial charge in [0.1, 0.15) is 5.75 Å². The second kappa shape index (κ2) is 7.74. The van der Waals surface area contributed by atoms with Crippen LogP contribution in [0.5, 0.6) is 5.75 Å². The van der Waals surface area contributed by atoms with Gasteiger partial charge in [0.05, 0.1) is 18.6 Å². The summed E-state index contributed by atoms with van der Waals surface area (Å²) in [6.45, 7) is 3.42. The van der Waals surface area contributed by atoms with Crippen LogP contribution in [0.15, 0.2) is 36.4 Å². The lowest BCUT2D eigenvalue weighted by atomic mass is 9.92. The second-order valence-electron chi connectivity index (χ2n) is 6.61. The van der Waals surface area contributed by atoms with E-state index in [-0.39, 0.29) is 23.9 Å². The lowest BCUT2D eigenvalue weighted by Gasteiger charge is -2.17. The number of fused-ring (bicyclic) bond motifs is 2. The normalized spacial score (nSPS) is 13.8. The van der Waals surface area contributed by atoms with Gasteiger partial charge < -0.3 is 9.47 Å². The molecular formula is C22H22O5. The second-order valence-corrected chi connectivity index (χ2v) is 6.61. The van der Waals surface area contributed by atoms with E-state index >= 15 is 0 Å². The number of ether oxygens (including phenoxy) is 2. The summed E-state index contributed by atoms with van der Waals surface area (Å²) in [4.78, 5) is 37.1. The third kappa shape index (κ3) is 3.63. The number of rotatable bonds is 4. The van der Waals surface area contributed by atoms with E-state index in [2.05, 4.69) is 0 Å². The number of benzene rings is 2. The van der Waals surface area contributed by atoms with Gasteiger partial charge in [-0.3, -0.25) is 14.4 Å². The van der Waals surface area contributed by atoms with E-state index in [1.807, 2.05) is 24.3 Å². The van der Waals surface area contributed by atoms with Crippen LogP contribution in [-0.2, 0) is 27.2 Å². The molecule has 140 valence electrons. The summed E-state index contributed by atoms with van der Waals surface area (Å²) in [6.07, 6.45) is 1.51. The highest BCUT2D eigenvalue weighted by molar-refractivity contribution is 6.13. The molecule has 0 radical (unpaired) electrons. The molecule has 1 atom stereocenters. The van der Waals surface area contributed by atoms with Gasteiger partial charge in [-0.1, -0.05) is 37.3 Å². The molecule has 27 heavy (non-hydrogen) atoms. The Balaban J connectivity index is 2.17. The molecular weight excluding hydrogens is 344 g/mol. The van der Waals surface area contributed by atoms with Crippen LogP contribution in [-0.4, -0.2) is 24.8 Å². The molecule has 0 bridgehead atoms. The number of aryl methyl sites for hydroxylation is 2. The molecule has 0 N–H and O–H groups in total. The van der Waals surface area contributed by atoms with Crippen LogP contribution >= 0.6 is 0 Å². The first kappa shape index (κ1) is 18.8. The van der Waals surface area contributed by atoms with Crippen molar-refractivity contribution in [2.75, 3.05) is 7.11 Å². The summed E-state index contributed by atoms with van der Waals surface area (Å²) in [6, 6.07) is 10.9. The number of esters is 2. The Bertz CT molecular complexity index is 913. The Hall–Kier alpha value is -2.95. The van der Waals surface area contributed by atoms with Crippen molar-refractivity contribution in [2.24, 2.45) is 0 Å². The van der Waals surface area contributed by atoms with E-state index < -0.39 is 11.9 Å². The zero-order valence-electron chi connectivity index (χ0n) is 15.7. The Kier molecular flexibility index (Phi) is 5.40. The minimum absolute atomic E-state index is 0.158. The maximum absolute atomic E-state index is 13.2. The molecule has 2 aromatic carbocycles. The molecule has 2 aromatic rings. The van der Waals surface area contributed by atoms with Crippen molar-refractivity contribution in [3.63, 3.8) is 0 Å². The summed E-state index contributed by atoms with van der Waals surface area (Å²) >= 11 is 0. The van der Waals surface area contributed by atoms with Crippen molar-refractivity contribution < 1.29 is 23.9 Å². The highest BCUT2D eigenvalue weighted by Gasteiger charge is 2.28. The lowest BCUT2D eigenvalue weighted by Crippen LogP contribution is -2.15. The van der Waals surface area contributed by atoms with Crippen molar-refractivity contribution in [3.8, 4) is 5.75 Å². The molecule has 5 heteroatoms. The summed E-state index contributed by atoms with van der Waals surface area (Å²) in [7, 11) is 1.33. The van der Waals surface area contributed by atoms with Gasteiger partial charge in [0, 0.05) is 12.0 Å². The fraction of sp³-hybridized carbons (Fsp3) is 0.318. The number of methoxy groups -OCH3 is 1. The van der Waals surface area contributed by atoms with Crippen LogP contribution in [0, 0.1) is 0 Å². The zero-order chi connectivity index (χ0) is 19.6. The van der Waals surface area contributed by atoms with Gasteiger partial charge >= 0.3 is 11.9 Å². The smallest absolute Gasteiger partial charge is 0.312 e. The van der Waals surface area contributed by atoms with Crippen LogP contribution in [0.2, 0.25) is 0 Å². The highest BCUT2D eigenvalue weighted by Crippen LogP contribution is 2.35. The monoisotopic (exact) mass is 366 g/mol. The first-order chi connectivity index (χ1) is 13.0. The van der Waals surface area contributed by atoms with Crippen molar-refractivity contribution in [1.82, 2.24) is 0 Å². The predicted octanol–water partition coefficient (Wildman–Crippen LogP) is 3.61. The van der Waals surface area contributed by atoms with Crippen LogP contribution in [0.3, 0.4) is 0 Å². The van der Waals surface area contributed by atoms with E-state index in [9.17, 15) is 14.4 Å². The van der Waals surface area contributed by atoms with Gasteiger partial charge in [0.2, 0.25) is 0 Å². The summed E-state index contributed by atoms with van der Waals surface area (Å²) in [5, 5.41) is 0. The molecule has 0 saturated heterocycles. The SMILES string of the molecule is CCC(=O)Oc1cc(C(C)C(=O)OC)cc2c1C(=O)c1ccccc1CC2. The molecule has 0 spiro atoms. The molecule has 0 aliphatic heterocycles. The molecule has 1 unspecified atom stereocenters. The van der Waals surface area contributed by atoms with Crippen LogP contribution in [0.1, 0.15) is 58.8 Å². The van der Waals surface area contributed by atoms with E-state index in [4.69, 9.17) is 9.47 Å². The zero-order valence-corrected chi connectivity index (χ0v) is 15.7. The average Bonchev–Trinajstić information content (AvgIpc) is 2.83. The molecule has 5 nitrogen and oxygen atoms in total. The quantitative estimate of drug-likeness (QED) is 0.611. The van der Waals surface area contributed by atoms with Crippen molar-refractivity contribution in [3.05, 3.63) is 64.2 Å². The van der Waals surface area contributed by atoms with E-state index in [1.165, 1.54) is 7.11 Å². The number of carbonyl (C=O) groups is 3. The Morgan fingerprint density at radius 1 is 1.11 bits per heavy atom. The molecule has 0 fully saturated rings. The van der Waals surface area contributed by atoms with Gasteiger partial charge in [0.25, 0.3) is 0 Å². The van der Waals surface area contributed by atoms with Gasteiger partial charge in [-0.05, 0) is 42.5 Å². The molecule has 1 aliphatic carbocycles. The third-order valence-electron chi connectivity index (χ3n) is 4.93. The Labute approximate surface area is 158 Å². The minimum atomic E-state index is -0.528. The molecule has 0 aromatic heterocycles. The average molecular weight is 366 g/mol. The first-order valence-corrected chi connectivity index (χ1v) is 9.04. The standard InChI is InChI=1S/C22H22O5/c1-4-19(23)27-18-12-16(13(2)22(25)26-3)11-15-10-9-14-7-5-6-8-17(14)21(24)20(15)18/h5-8,11-13H,4,9-10H2,1-3H3. The van der Waals surface area contributed by atoms with E-state index in [0.717, 1.165) is 11.1 Å². The topological polar surface area (TPSA) is 69.7 Å². The lowest BCUT2D eigenvalue weighted by molar-refractivity contribution is -0.142. The van der Waals surface area contributed by atoms with Crippen LogP contribution < -0.4 is 4.74 Å².